The van der Waals surface area contributed by atoms with Crippen LogP contribution < -0.4 is 14.8 Å². The molecule has 0 aliphatic carbocycles. The molecule has 0 unspecified atom stereocenters. The van der Waals surface area contributed by atoms with E-state index in [0.717, 1.165) is 0 Å². The topological polar surface area (TPSA) is 63.7 Å². The van der Waals surface area contributed by atoms with Crippen LogP contribution >= 0.6 is 11.6 Å². The highest BCUT2D eigenvalue weighted by Gasteiger charge is 2.37. The van der Waals surface area contributed by atoms with Crippen molar-refractivity contribution in [1.82, 2.24) is 15.2 Å². The van der Waals surface area contributed by atoms with E-state index in [2.05, 4.69) is 5.32 Å². The summed E-state index contributed by atoms with van der Waals surface area (Å²) in [4.78, 5) is 20.2. The molecule has 3 heterocycles. The van der Waals surface area contributed by atoms with Crippen LogP contribution in [0.4, 0.5) is 4.39 Å². The predicted octanol–water partition coefficient (Wildman–Crippen LogP) is 4.02. The Balaban J connectivity index is 1.81. The summed E-state index contributed by atoms with van der Waals surface area (Å²) in [6.45, 7) is 2.15. The summed E-state index contributed by atoms with van der Waals surface area (Å²) in [5.74, 6) is -0.205. The molecule has 1 N–H and O–H groups in total. The van der Waals surface area contributed by atoms with Gasteiger partial charge in [0.15, 0.2) is 5.75 Å². The van der Waals surface area contributed by atoms with Gasteiger partial charge in [0.2, 0.25) is 0 Å². The van der Waals surface area contributed by atoms with E-state index in [4.69, 9.17) is 26.1 Å². The van der Waals surface area contributed by atoms with Crippen molar-refractivity contribution in [2.75, 3.05) is 33.4 Å². The molecule has 3 aromatic rings. The highest BCUT2D eigenvalue weighted by atomic mass is 35.5. The molecule has 1 saturated heterocycles. The van der Waals surface area contributed by atoms with Crippen molar-refractivity contribution in [3.8, 4) is 34.0 Å². The second kappa shape index (κ2) is 8.41. The minimum absolute atomic E-state index is 0.0873. The second-order valence-electron chi connectivity index (χ2n) is 7.68. The van der Waals surface area contributed by atoms with Crippen molar-refractivity contribution in [2.24, 2.45) is 0 Å². The number of hydrogen-bond donors (Lipinski definition) is 1. The second-order valence-corrected chi connectivity index (χ2v) is 8.06. The third-order valence-corrected chi connectivity index (χ3v) is 6.17. The van der Waals surface area contributed by atoms with Crippen molar-refractivity contribution < 1.29 is 18.7 Å². The summed E-state index contributed by atoms with van der Waals surface area (Å²) in [7, 11) is 1.46. The maximum atomic E-state index is 15.0. The predicted molar refractivity (Wildman–Crippen MR) is 120 cm³/mol. The molecule has 1 aromatic heterocycles. The number of piperazine rings is 1. The lowest BCUT2D eigenvalue weighted by atomic mass is 10.00. The molecule has 6 nitrogen and oxygen atoms in total. The Morgan fingerprint density at radius 3 is 2.75 bits per heavy atom. The lowest BCUT2D eigenvalue weighted by Gasteiger charge is -2.34. The van der Waals surface area contributed by atoms with Crippen LogP contribution in [-0.2, 0) is 0 Å². The number of pyridine rings is 1. The van der Waals surface area contributed by atoms with Crippen LogP contribution in [0.5, 0.6) is 11.5 Å². The molecule has 0 saturated carbocycles. The molecule has 0 radical (unpaired) electrons. The summed E-state index contributed by atoms with van der Waals surface area (Å²) >= 11 is 6.76. The van der Waals surface area contributed by atoms with Gasteiger partial charge in [-0.15, -0.1) is 0 Å². The van der Waals surface area contributed by atoms with Gasteiger partial charge >= 0.3 is 0 Å². The fourth-order valence-corrected chi connectivity index (χ4v) is 4.54. The average molecular weight is 454 g/mol. The molecule has 2 aliphatic rings. The number of fused-ring (bicyclic) bond motifs is 2. The van der Waals surface area contributed by atoms with Crippen LogP contribution in [0.15, 0.2) is 48.5 Å². The van der Waals surface area contributed by atoms with Gasteiger partial charge in [-0.05, 0) is 12.1 Å². The first-order valence-corrected chi connectivity index (χ1v) is 10.7. The molecule has 164 valence electrons. The van der Waals surface area contributed by atoms with E-state index in [1.807, 2.05) is 30.3 Å². The molecule has 1 fully saturated rings. The number of aromatic nitrogens is 1. The van der Waals surface area contributed by atoms with Gasteiger partial charge in [0, 0.05) is 25.2 Å². The van der Waals surface area contributed by atoms with Crippen LogP contribution in [0.2, 0.25) is 5.02 Å². The van der Waals surface area contributed by atoms with E-state index in [0.29, 0.717) is 42.2 Å². The third kappa shape index (κ3) is 3.38. The number of ether oxygens (including phenoxy) is 2. The maximum absolute atomic E-state index is 15.0. The summed E-state index contributed by atoms with van der Waals surface area (Å²) < 4.78 is 26.5. The molecule has 2 aromatic carbocycles. The fourth-order valence-electron chi connectivity index (χ4n) is 4.25. The molecule has 0 spiro atoms. The zero-order valence-electron chi connectivity index (χ0n) is 17.4. The monoisotopic (exact) mass is 453 g/mol. The number of hydrogen-bond acceptors (Lipinski definition) is 5. The Bertz CT molecular complexity index is 1190. The zero-order valence-corrected chi connectivity index (χ0v) is 18.2. The first-order valence-electron chi connectivity index (χ1n) is 10.4. The molecule has 1 amide bonds. The number of amides is 1. The van der Waals surface area contributed by atoms with Crippen molar-refractivity contribution in [2.45, 2.75) is 6.04 Å². The summed E-state index contributed by atoms with van der Waals surface area (Å²) in [5, 5.41) is 3.38. The minimum atomic E-state index is -0.528. The van der Waals surface area contributed by atoms with Gasteiger partial charge in [0.1, 0.15) is 34.5 Å². The standard InChI is InChI=1S/C24H21ClFN3O3/c1-31-17-9-5-8-16(26)18(17)22-20(25)23-19(21(28-22)14-6-3-2-4-7-14)24(30)29-11-10-27-12-15(29)13-32-23/h2-9,15,27H,10-13H2,1H3/t15-/m1/s1. The van der Waals surface area contributed by atoms with E-state index in [1.165, 1.54) is 13.2 Å². The number of nitrogens with one attached hydrogen (secondary N) is 1. The summed E-state index contributed by atoms with van der Waals surface area (Å²) in [5.41, 5.74) is 1.70. The van der Waals surface area contributed by atoms with Crippen LogP contribution in [0.25, 0.3) is 22.5 Å². The quantitative estimate of drug-likeness (QED) is 0.649. The van der Waals surface area contributed by atoms with Crippen molar-refractivity contribution in [3.05, 3.63) is 64.9 Å². The number of methoxy groups -OCH3 is 1. The van der Waals surface area contributed by atoms with Crippen molar-refractivity contribution >= 4 is 17.5 Å². The number of halogens is 2. The van der Waals surface area contributed by atoms with Crippen molar-refractivity contribution in [1.29, 1.82) is 0 Å². The van der Waals surface area contributed by atoms with Gasteiger partial charge in [-0.25, -0.2) is 9.37 Å². The highest BCUT2D eigenvalue weighted by Crippen LogP contribution is 2.45. The minimum Gasteiger partial charge on any atom is -0.496 e. The first kappa shape index (κ1) is 20.7. The Morgan fingerprint density at radius 2 is 1.97 bits per heavy atom. The van der Waals surface area contributed by atoms with Gasteiger partial charge in [-0.3, -0.25) is 4.79 Å². The van der Waals surface area contributed by atoms with E-state index in [-0.39, 0.29) is 40.6 Å². The normalized spacial score (nSPS) is 17.8. The van der Waals surface area contributed by atoms with Crippen LogP contribution in [0.3, 0.4) is 0 Å². The molecule has 2 aliphatic heterocycles. The maximum Gasteiger partial charge on any atom is 0.260 e. The Hall–Kier alpha value is -3.16. The Kier molecular flexibility index (Phi) is 5.45. The summed E-state index contributed by atoms with van der Waals surface area (Å²) in [6.07, 6.45) is 0. The smallest absolute Gasteiger partial charge is 0.260 e. The van der Waals surface area contributed by atoms with Crippen LogP contribution in [-0.4, -0.2) is 55.2 Å². The Morgan fingerprint density at radius 1 is 1.16 bits per heavy atom. The molecular formula is C24H21ClFN3O3. The van der Waals surface area contributed by atoms with Crippen molar-refractivity contribution in [3.63, 3.8) is 0 Å². The zero-order chi connectivity index (χ0) is 22.2. The van der Waals surface area contributed by atoms with Gasteiger partial charge in [0.25, 0.3) is 5.91 Å². The lowest BCUT2D eigenvalue weighted by Crippen LogP contribution is -2.54. The molecular weight excluding hydrogens is 433 g/mol. The average Bonchev–Trinajstić information content (AvgIpc) is 2.97. The molecule has 1 atom stereocenters. The summed E-state index contributed by atoms with van der Waals surface area (Å²) in [6, 6.07) is 13.7. The van der Waals surface area contributed by atoms with E-state index in [9.17, 15) is 9.18 Å². The first-order chi connectivity index (χ1) is 15.6. The number of carbonyl (C=O) groups excluding carboxylic acids is 1. The number of carbonyl (C=O) groups is 1. The molecule has 0 bridgehead atoms. The Labute approximate surface area is 189 Å². The van der Waals surface area contributed by atoms with Gasteiger partial charge in [-0.2, -0.15) is 0 Å². The number of benzene rings is 2. The van der Waals surface area contributed by atoms with E-state index < -0.39 is 5.82 Å². The molecule has 8 heteroatoms. The van der Waals surface area contributed by atoms with Gasteiger partial charge < -0.3 is 19.7 Å². The lowest BCUT2D eigenvalue weighted by molar-refractivity contribution is 0.0607. The number of nitrogens with zero attached hydrogens (tertiary/aromatic N) is 2. The molecule has 5 rings (SSSR count). The van der Waals surface area contributed by atoms with Gasteiger partial charge in [-0.1, -0.05) is 48.0 Å². The largest absolute Gasteiger partial charge is 0.496 e. The van der Waals surface area contributed by atoms with E-state index >= 15 is 0 Å². The number of rotatable bonds is 3. The van der Waals surface area contributed by atoms with Gasteiger partial charge in [0.05, 0.1) is 24.4 Å². The van der Waals surface area contributed by atoms with Crippen LogP contribution in [0.1, 0.15) is 10.4 Å². The SMILES string of the molecule is COc1cccc(F)c1-c1nc(-c2ccccc2)c2c(c1Cl)OC[C@H]1CNCCN1C2=O. The van der Waals surface area contributed by atoms with E-state index in [1.54, 1.807) is 17.0 Å². The third-order valence-electron chi connectivity index (χ3n) is 5.82. The van der Waals surface area contributed by atoms with Crippen LogP contribution in [0, 0.1) is 5.82 Å². The fraction of sp³-hybridized carbons (Fsp3) is 0.250. The highest BCUT2D eigenvalue weighted by molar-refractivity contribution is 6.35. The molecule has 32 heavy (non-hydrogen) atoms.